The molecule has 0 aliphatic rings. The van der Waals surface area contributed by atoms with Crippen molar-refractivity contribution in [3.05, 3.63) is 0 Å². The molecule has 0 saturated heterocycles. The third-order valence-electron chi connectivity index (χ3n) is 2.02. The number of hydrogen-bond donors (Lipinski definition) is 2. The molecule has 0 aromatic heterocycles. The lowest BCUT2D eigenvalue weighted by molar-refractivity contribution is -0.119. The van der Waals surface area contributed by atoms with Gasteiger partial charge in [0.2, 0.25) is 5.91 Å². The Kier molecular flexibility index (Phi) is 10.7. The predicted octanol–water partition coefficient (Wildman–Crippen LogP) is 1.25. The number of hydrogen-bond acceptors (Lipinski definition) is 3. The Bertz CT molecular complexity index is 142. The second-order valence-corrected chi connectivity index (χ2v) is 4.24. The third kappa shape index (κ3) is 9.86. The SMILES string of the molecule is CNC(=O)CNCCCCCCSC. The molecular formula is C10H22N2OS. The summed E-state index contributed by atoms with van der Waals surface area (Å²) in [5.74, 6) is 1.33. The lowest BCUT2D eigenvalue weighted by atomic mass is 10.2. The van der Waals surface area contributed by atoms with Crippen LogP contribution in [0.15, 0.2) is 0 Å². The Labute approximate surface area is 91.4 Å². The molecule has 0 aliphatic carbocycles. The van der Waals surface area contributed by atoms with Gasteiger partial charge in [0.1, 0.15) is 0 Å². The van der Waals surface area contributed by atoms with Crippen LogP contribution in [0.5, 0.6) is 0 Å². The van der Waals surface area contributed by atoms with Gasteiger partial charge in [0.15, 0.2) is 0 Å². The summed E-state index contributed by atoms with van der Waals surface area (Å²) >= 11 is 1.91. The van der Waals surface area contributed by atoms with Gasteiger partial charge in [-0.25, -0.2) is 0 Å². The van der Waals surface area contributed by atoms with Crippen LogP contribution in [0.3, 0.4) is 0 Å². The molecule has 0 fully saturated rings. The highest BCUT2D eigenvalue weighted by Gasteiger charge is 1.95. The van der Waals surface area contributed by atoms with Crippen LogP contribution in [0.2, 0.25) is 0 Å². The number of carbonyl (C=O) groups is 1. The summed E-state index contributed by atoms with van der Waals surface area (Å²) < 4.78 is 0. The topological polar surface area (TPSA) is 41.1 Å². The summed E-state index contributed by atoms with van der Waals surface area (Å²) in [5, 5.41) is 5.69. The van der Waals surface area contributed by atoms with Crippen molar-refractivity contribution in [3.63, 3.8) is 0 Å². The van der Waals surface area contributed by atoms with Crippen LogP contribution < -0.4 is 10.6 Å². The second kappa shape index (κ2) is 10.9. The lowest BCUT2D eigenvalue weighted by Crippen LogP contribution is -2.31. The average Bonchev–Trinajstić information content (AvgIpc) is 2.21. The van der Waals surface area contributed by atoms with Crippen molar-refractivity contribution in [2.75, 3.05) is 32.1 Å². The van der Waals surface area contributed by atoms with Crippen molar-refractivity contribution in [2.24, 2.45) is 0 Å². The Morgan fingerprint density at radius 2 is 1.93 bits per heavy atom. The number of likely N-dealkylation sites (N-methyl/N-ethyl adjacent to an activating group) is 1. The van der Waals surface area contributed by atoms with Gasteiger partial charge in [0, 0.05) is 7.05 Å². The van der Waals surface area contributed by atoms with E-state index in [4.69, 9.17) is 0 Å². The Morgan fingerprint density at radius 1 is 1.21 bits per heavy atom. The summed E-state index contributed by atoms with van der Waals surface area (Å²) in [5.41, 5.74) is 0. The van der Waals surface area contributed by atoms with Crippen LogP contribution in [0.1, 0.15) is 25.7 Å². The van der Waals surface area contributed by atoms with E-state index >= 15 is 0 Å². The number of unbranched alkanes of at least 4 members (excludes halogenated alkanes) is 3. The molecule has 0 unspecified atom stereocenters. The van der Waals surface area contributed by atoms with Gasteiger partial charge in [-0.05, 0) is 31.4 Å². The van der Waals surface area contributed by atoms with Gasteiger partial charge in [0.05, 0.1) is 6.54 Å². The molecule has 2 N–H and O–H groups in total. The van der Waals surface area contributed by atoms with Crippen LogP contribution in [-0.2, 0) is 4.79 Å². The molecular weight excluding hydrogens is 196 g/mol. The third-order valence-corrected chi connectivity index (χ3v) is 2.71. The fraction of sp³-hybridized carbons (Fsp3) is 0.900. The van der Waals surface area contributed by atoms with E-state index in [9.17, 15) is 4.79 Å². The van der Waals surface area contributed by atoms with Crippen LogP contribution in [-0.4, -0.2) is 38.1 Å². The quantitative estimate of drug-likeness (QED) is 0.572. The van der Waals surface area contributed by atoms with Crippen molar-refractivity contribution in [3.8, 4) is 0 Å². The highest BCUT2D eigenvalue weighted by molar-refractivity contribution is 7.98. The average molecular weight is 218 g/mol. The zero-order chi connectivity index (χ0) is 10.6. The van der Waals surface area contributed by atoms with E-state index in [1.807, 2.05) is 11.8 Å². The standard InChI is InChI=1S/C10H22N2OS/c1-11-10(13)9-12-7-5-3-4-6-8-14-2/h12H,3-9H2,1-2H3,(H,11,13). The van der Waals surface area contributed by atoms with Crippen LogP contribution in [0, 0.1) is 0 Å². The molecule has 0 saturated carbocycles. The van der Waals surface area contributed by atoms with Gasteiger partial charge in [-0.15, -0.1) is 0 Å². The number of carbonyl (C=O) groups excluding carboxylic acids is 1. The summed E-state index contributed by atoms with van der Waals surface area (Å²) in [6.45, 7) is 1.40. The molecule has 4 heteroatoms. The summed E-state index contributed by atoms with van der Waals surface area (Å²) in [4.78, 5) is 10.8. The van der Waals surface area contributed by atoms with E-state index in [0.717, 1.165) is 6.54 Å². The Hall–Kier alpha value is -0.220. The van der Waals surface area contributed by atoms with E-state index in [0.29, 0.717) is 6.54 Å². The van der Waals surface area contributed by atoms with Crippen molar-refractivity contribution < 1.29 is 4.79 Å². The minimum absolute atomic E-state index is 0.0624. The molecule has 1 amide bonds. The van der Waals surface area contributed by atoms with Gasteiger partial charge < -0.3 is 10.6 Å². The Morgan fingerprint density at radius 3 is 2.57 bits per heavy atom. The van der Waals surface area contributed by atoms with Crippen LogP contribution >= 0.6 is 11.8 Å². The molecule has 0 aliphatic heterocycles. The second-order valence-electron chi connectivity index (χ2n) is 3.26. The summed E-state index contributed by atoms with van der Waals surface area (Å²) in [7, 11) is 1.66. The molecule has 0 aromatic carbocycles. The van der Waals surface area contributed by atoms with Crippen molar-refractivity contribution in [2.45, 2.75) is 25.7 Å². The number of amides is 1. The van der Waals surface area contributed by atoms with Crippen molar-refractivity contribution >= 4 is 17.7 Å². The molecule has 0 rings (SSSR count). The fourth-order valence-electron chi connectivity index (χ4n) is 1.14. The first kappa shape index (κ1) is 13.8. The maximum absolute atomic E-state index is 10.8. The first-order valence-corrected chi connectivity index (χ1v) is 6.61. The fourth-order valence-corrected chi connectivity index (χ4v) is 1.63. The zero-order valence-corrected chi connectivity index (χ0v) is 10.1. The molecule has 0 spiro atoms. The van der Waals surface area contributed by atoms with Crippen molar-refractivity contribution in [1.29, 1.82) is 0 Å². The zero-order valence-electron chi connectivity index (χ0n) is 9.27. The van der Waals surface area contributed by atoms with Crippen LogP contribution in [0.25, 0.3) is 0 Å². The highest BCUT2D eigenvalue weighted by atomic mass is 32.2. The highest BCUT2D eigenvalue weighted by Crippen LogP contribution is 2.03. The first-order valence-electron chi connectivity index (χ1n) is 5.21. The number of thioether (sulfide) groups is 1. The maximum atomic E-state index is 10.8. The number of rotatable bonds is 9. The molecule has 0 radical (unpaired) electrons. The minimum Gasteiger partial charge on any atom is -0.358 e. The van der Waals surface area contributed by atoms with Crippen LogP contribution in [0.4, 0.5) is 0 Å². The van der Waals surface area contributed by atoms with E-state index in [1.165, 1.54) is 31.4 Å². The molecule has 84 valence electrons. The van der Waals surface area contributed by atoms with Gasteiger partial charge in [-0.1, -0.05) is 12.8 Å². The molecule has 0 aromatic rings. The van der Waals surface area contributed by atoms with E-state index < -0.39 is 0 Å². The monoisotopic (exact) mass is 218 g/mol. The largest absolute Gasteiger partial charge is 0.358 e. The van der Waals surface area contributed by atoms with Crippen molar-refractivity contribution in [1.82, 2.24) is 10.6 Å². The van der Waals surface area contributed by atoms with E-state index in [2.05, 4.69) is 16.9 Å². The minimum atomic E-state index is 0.0624. The van der Waals surface area contributed by atoms with Gasteiger partial charge in [-0.3, -0.25) is 4.79 Å². The molecule has 0 heterocycles. The number of nitrogens with one attached hydrogen (secondary N) is 2. The maximum Gasteiger partial charge on any atom is 0.233 e. The Balaban J connectivity index is 2.95. The summed E-state index contributed by atoms with van der Waals surface area (Å²) in [6.07, 6.45) is 7.21. The molecule has 3 nitrogen and oxygen atoms in total. The molecule has 0 bridgehead atoms. The first-order chi connectivity index (χ1) is 6.81. The molecule has 14 heavy (non-hydrogen) atoms. The van der Waals surface area contributed by atoms with Gasteiger partial charge in [-0.2, -0.15) is 11.8 Å². The lowest BCUT2D eigenvalue weighted by Gasteiger charge is -2.03. The van der Waals surface area contributed by atoms with Gasteiger partial charge in [0.25, 0.3) is 0 Å². The summed E-state index contributed by atoms with van der Waals surface area (Å²) in [6, 6.07) is 0. The van der Waals surface area contributed by atoms with Gasteiger partial charge >= 0.3 is 0 Å². The normalized spacial score (nSPS) is 10.1. The van der Waals surface area contributed by atoms with E-state index in [-0.39, 0.29) is 5.91 Å². The van der Waals surface area contributed by atoms with E-state index in [1.54, 1.807) is 7.05 Å². The predicted molar refractivity (Wildman–Crippen MR) is 63.8 cm³/mol. The molecule has 0 atom stereocenters. The smallest absolute Gasteiger partial charge is 0.233 e.